The van der Waals surface area contributed by atoms with Gasteiger partial charge < -0.3 is 4.57 Å². The Hall–Kier alpha value is -2.61. The molecular weight excluding hydrogens is 300 g/mol. The minimum atomic E-state index is -0.373. The van der Waals surface area contributed by atoms with Crippen molar-refractivity contribution in [3.05, 3.63) is 56.3 Å². The van der Waals surface area contributed by atoms with Crippen molar-refractivity contribution in [3.8, 4) is 6.07 Å². The van der Waals surface area contributed by atoms with E-state index in [9.17, 15) is 4.79 Å². The third-order valence-corrected chi connectivity index (χ3v) is 4.14. The summed E-state index contributed by atoms with van der Waals surface area (Å²) in [5.41, 5.74) is 4.45. The smallest absolute Gasteiger partial charge is 0.289 e. The molecule has 2 aromatic heterocycles. The van der Waals surface area contributed by atoms with Crippen LogP contribution < -0.4 is 5.56 Å². The van der Waals surface area contributed by atoms with Gasteiger partial charge in [0.1, 0.15) is 11.6 Å². The molecule has 5 nitrogen and oxygen atoms in total. The Morgan fingerprint density at radius 2 is 1.88 bits per heavy atom. The van der Waals surface area contributed by atoms with E-state index in [4.69, 9.17) is 5.26 Å². The summed E-state index contributed by atoms with van der Waals surface area (Å²) in [6.45, 7) is 13.0. The van der Waals surface area contributed by atoms with Crippen LogP contribution in [0.4, 0.5) is 0 Å². The molecule has 0 aliphatic carbocycles. The van der Waals surface area contributed by atoms with Gasteiger partial charge in [-0.3, -0.25) is 4.79 Å². The van der Waals surface area contributed by atoms with Crippen LogP contribution in [0, 0.1) is 44.9 Å². The van der Waals surface area contributed by atoms with Gasteiger partial charge in [0.25, 0.3) is 5.56 Å². The fourth-order valence-electron chi connectivity index (χ4n) is 2.89. The first-order valence-electron chi connectivity index (χ1n) is 8.10. The van der Waals surface area contributed by atoms with Crippen molar-refractivity contribution in [2.45, 2.75) is 48.1 Å². The lowest BCUT2D eigenvalue weighted by Gasteiger charge is -2.11. The predicted octanol–water partition coefficient (Wildman–Crippen LogP) is 3.29. The molecule has 0 saturated carbocycles. The second kappa shape index (κ2) is 6.88. The molecule has 24 heavy (non-hydrogen) atoms. The summed E-state index contributed by atoms with van der Waals surface area (Å²) in [4.78, 5) is 12.4. The van der Waals surface area contributed by atoms with Gasteiger partial charge in [0.05, 0.1) is 6.21 Å². The van der Waals surface area contributed by atoms with Crippen LogP contribution in [0.5, 0.6) is 0 Å². The second-order valence-electron chi connectivity index (χ2n) is 6.65. The number of aryl methyl sites for hydroxylation is 3. The second-order valence-corrected chi connectivity index (χ2v) is 6.65. The number of hydrogen-bond donors (Lipinski definition) is 0. The van der Waals surface area contributed by atoms with Gasteiger partial charge in [-0.15, -0.1) is 0 Å². The first-order valence-corrected chi connectivity index (χ1v) is 8.10. The van der Waals surface area contributed by atoms with Gasteiger partial charge in [0, 0.05) is 29.2 Å². The zero-order chi connectivity index (χ0) is 18.0. The summed E-state index contributed by atoms with van der Waals surface area (Å²) in [7, 11) is 0. The Bertz CT molecular complexity index is 892. The molecule has 0 amide bonds. The van der Waals surface area contributed by atoms with Gasteiger partial charge in [-0.05, 0) is 51.3 Å². The number of rotatable bonds is 4. The molecule has 126 valence electrons. The maximum Gasteiger partial charge on any atom is 0.289 e. The van der Waals surface area contributed by atoms with Crippen LogP contribution in [0.15, 0.2) is 22.0 Å². The van der Waals surface area contributed by atoms with E-state index in [0.29, 0.717) is 17.2 Å². The van der Waals surface area contributed by atoms with Crippen molar-refractivity contribution in [1.29, 1.82) is 5.26 Å². The zero-order valence-electron chi connectivity index (χ0n) is 15.2. The Morgan fingerprint density at radius 1 is 1.21 bits per heavy atom. The van der Waals surface area contributed by atoms with E-state index < -0.39 is 0 Å². The fraction of sp³-hybridized carbons (Fsp3) is 0.421. The molecule has 0 unspecified atom stereocenters. The molecule has 0 fully saturated rings. The Labute approximate surface area is 142 Å². The molecule has 0 bridgehead atoms. The zero-order valence-corrected chi connectivity index (χ0v) is 15.2. The Kier molecular flexibility index (Phi) is 5.08. The lowest BCUT2D eigenvalue weighted by Crippen LogP contribution is -2.22. The van der Waals surface area contributed by atoms with Gasteiger partial charge in [-0.25, -0.2) is 4.68 Å². The van der Waals surface area contributed by atoms with Crippen LogP contribution in [0.2, 0.25) is 0 Å². The lowest BCUT2D eigenvalue weighted by molar-refractivity contribution is 0.509. The molecule has 0 saturated heterocycles. The van der Waals surface area contributed by atoms with E-state index in [-0.39, 0.29) is 11.1 Å². The number of hydrogen-bond acceptors (Lipinski definition) is 3. The average Bonchev–Trinajstić information content (AvgIpc) is 2.74. The SMILES string of the molecule is Cc1cc(C)n(/N=C/c2cc(C)n(CC(C)C)c2C)c(=O)c1C#N. The first-order chi connectivity index (χ1) is 11.3. The largest absolute Gasteiger partial charge is 0.348 e. The van der Waals surface area contributed by atoms with E-state index in [1.165, 1.54) is 10.4 Å². The molecule has 2 heterocycles. The van der Waals surface area contributed by atoms with E-state index in [2.05, 4.69) is 43.4 Å². The molecule has 2 aromatic rings. The van der Waals surface area contributed by atoms with E-state index in [1.807, 2.05) is 13.0 Å². The van der Waals surface area contributed by atoms with E-state index in [1.54, 1.807) is 19.2 Å². The third kappa shape index (κ3) is 3.33. The van der Waals surface area contributed by atoms with Gasteiger partial charge in [0.2, 0.25) is 0 Å². The fourth-order valence-corrected chi connectivity index (χ4v) is 2.89. The molecule has 0 radical (unpaired) electrons. The lowest BCUT2D eigenvalue weighted by atomic mass is 10.1. The van der Waals surface area contributed by atoms with Crippen molar-refractivity contribution in [1.82, 2.24) is 9.24 Å². The molecule has 2 rings (SSSR count). The highest BCUT2D eigenvalue weighted by atomic mass is 16.1. The van der Waals surface area contributed by atoms with Crippen LogP contribution in [0.1, 0.15) is 47.6 Å². The molecular formula is C19H24N4O. The van der Waals surface area contributed by atoms with Crippen molar-refractivity contribution >= 4 is 6.21 Å². The van der Waals surface area contributed by atoms with Crippen molar-refractivity contribution in [2.24, 2.45) is 11.0 Å². The minimum Gasteiger partial charge on any atom is -0.348 e. The van der Waals surface area contributed by atoms with Crippen molar-refractivity contribution in [2.75, 3.05) is 0 Å². The first kappa shape index (κ1) is 17.7. The number of nitriles is 1. The van der Waals surface area contributed by atoms with E-state index >= 15 is 0 Å². The molecule has 0 atom stereocenters. The normalized spacial score (nSPS) is 11.4. The standard InChI is InChI=1S/C19H24N4O/c1-12(2)11-22-14(4)8-17(16(22)6)10-21-23-15(5)7-13(3)18(9-20)19(23)24/h7-8,10,12H,11H2,1-6H3/b21-10+. The number of pyridine rings is 1. The predicted molar refractivity (Wildman–Crippen MR) is 96.6 cm³/mol. The maximum absolute atomic E-state index is 12.4. The van der Waals surface area contributed by atoms with Crippen LogP contribution in [-0.2, 0) is 6.54 Å². The molecule has 0 aromatic carbocycles. The summed E-state index contributed by atoms with van der Waals surface area (Å²) in [5.74, 6) is 0.555. The molecule has 5 heteroatoms. The average molecular weight is 324 g/mol. The summed E-state index contributed by atoms with van der Waals surface area (Å²) < 4.78 is 3.55. The van der Waals surface area contributed by atoms with Gasteiger partial charge in [0.15, 0.2) is 0 Å². The third-order valence-electron chi connectivity index (χ3n) is 4.14. The quantitative estimate of drug-likeness (QED) is 0.810. The van der Waals surface area contributed by atoms with Crippen LogP contribution in [0.25, 0.3) is 0 Å². The summed E-state index contributed by atoms with van der Waals surface area (Å²) in [6.07, 6.45) is 1.70. The Morgan fingerprint density at radius 3 is 2.46 bits per heavy atom. The Balaban J connectivity index is 2.47. The van der Waals surface area contributed by atoms with E-state index in [0.717, 1.165) is 17.8 Å². The highest BCUT2D eigenvalue weighted by Crippen LogP contribution is 2.15. The van der Waals surface area contributed by atoms with Gasteiger partial charge in [-0.2, -0.15) is 10.4 Å². The summed E-state index contributed by atoms with van der Waals surface area (Å²) in [5, 5.41) is 13.5. The van der Waals surface area contributed by atoms with Gasteiger partial charge >= 0.3 is 0 Å². The molecule has 0 aliphatic rings. The maximum atomic E-state index is 12.4. The minimum absolute atomic E-state index is 0.142. The monoisotopic (exact) mass is 324 g/mol. The van der Waals surface area contributed by atoms with Crippen molar-refractivity contribution < 1.29 is 0 Å². The van der Waals surface area contributed by atoms with Crippen molar-refractivity contribution in [3.63, 3.8) is 0 Å². The number of nitrogens with zero attached hydrogens (tertiary/aromatic N) is 4. The van der Waals surface area contributed by atoms with Crippen LogP contribution in [-0.4, -0.2) is 15.5 Å². The molecule has 0 N–H and O–H groups in total. The number of aromatic nitrogens is 2. The topological polar surface area (TPSA) is 63.1 Å². The highest BCUT2D eigenvalue weighted by Gasteiger charge is 2.11. The highest BCUT2D eigenvalue weighted by molar-refractivity contribution is 5.81. The van der Waals surface area contributed by atoms with Crippen LogP contribution >= 0.6 is 0 Å². The molecule has 0 aliphatic heterocycles. The summed E-state index contributed by atoms with van der Waals surface area (Å²) >= 11 is 0. The van der Waals surface area contributed by atoms with Gasteiger partial charge in [-0.1, -0.05) is 13.8 Å². The summed E-state index contributed by atoms with van der Waals surface area (Å²) in [6, 6.07) is 5.84. The van der Waals surface area contributed by atoms with Crippen LogP contribution in [0.3, 0.4) is 0 Å². The molecule has 0 spiro atoms.